The second-order valence-electron chi connectivity index (χ2n) is 5.97. The summed E-state index contributed by atoms with van der Waals surface area (Å²) in [5, 5.41) is 12.2. The number of rotatable bonds is 7. The second-order valence-corrected chi connectivity index (χ2v) is 7.30. The highest BCUT2D eigenvalue weighted by Crippen LogP contribution is 2.27. The normalized spacial score (nSPS) is 11.4. The first kappa shape index (κ1) is 20.5. The summed E-state index contributed by atoms with van der Waals surface area (Å²) in [6.07, 6.45) is 0. The van der Waals surface area contributed by atoms with Crippen LogP contribution in [0.25, 0.3) is 0 Å². The van der Waals surface area contributed by atoms with Gasteiger partial charge in [0, 0.05) is 17.8 Å². The molecule has 1 heterocycles. The molecule has 0 radical (unpaired) electrons. The molecule has 2 aromatic rings. The Kier molecular flexibility index (Phi) is 6.97. The van der Waals surface area contributed by atoms with E-state index in [0.29, 0.717) is 28.4 Å². The van der Waals surface area contributed by atoms with E-state index in [0.717, 1.165) is 11.3 Å². The highest BCUT2D eigenvalue weighted by molar-refractivity contribution is 8.00. The standard InChI is InChI=1S/C20H21N3O3S/c1-12-18(13(2)24)9-16(10-21)20(23-12)27-14(3)19(25)22-11-15-5-7-17(26-4)8-6-15/h5-9,14H,11H2,1-4H3,(H,22,25). The Balaban J connectivity index is 2.04. The number of carbonyl (C=O) groups excluding carboxylic acids is 2. The van der Waals surface area contributed by atoms with Gasteiger partial charge in [0.1, 0.15) is 16.8 Å². The van der Waals surface area contributed by atoms with Crippen molar-refractivity contribution in [2.75, 3.05) is 7.11 Å². The van der Waals surface area contributed by atoms with Crippen LogP contribution in [0.2, 0.25) is 0 Å². The van der Waals surface area contributed by atoms with Gasteiger partial charge in [-0.2, -0.15) is 5.26 Å². The fourth-order valence-corrected chi connectivity index (χ4v) is 3.35. The lowest BCUT2D eigenvalue weighted by Gasteiger charge is -2.14. The Morgan fingerprint density at radius 3 is 2.56 bits per heavy atom. The predicted molar refractivity (Wildman–Crippen MR) is 104 cm³/mol. The highest BCUT2D eigenvalue weighted by Gasteiger charge is 2.19. The molecule has 6 nitrogen and oxygen atoms in total. The summed E-state index contributed by atoms with van der Waals surface area (Å²) in [7, 11) is 1.60. The maximum atomic E-state index is 12.4. The number of nitrogens with one attached hydrogen (secondary N) is 1. The third-order valence-electron chi connectivity index (χ3n) is 3.96. The number of Topliss-reactive ketones (excluding diaryl/α,β-unsaturated/α-hetero) is 1. The van der Waals surface area contributed by atoms with Crippen LogP contribution in [0, 0.1) is 18.3 Å². The van der Waals surface area contributed by atoms with Crippen molar-refractivity contribution in [1.29, 1.82) is 5.26 Å². The van der Waals surface area contributed by atoms with Gasteiger partial charge < -0.3 is 10.1 Å². The van der Waals surface area contributed by atoms with E-state index in [1.54, 1.807) is 21.0 Å². The maximum absolute atomic E-state index is 12.4. The van der Waals surface area contributed by atoms with Gasteiger partial charge in [0.05, 0.1) is 17.9 Å². The molecule has 0 spiro atoms. The molecule has 0 bridgehead atoms. The van der Waals surface area contributed by atoms with Crippen LogP contribution in [0.1, 0.15) is 41.0 Å². The first-order chi connectivity index (χ1) is 12.8. The minimum Gasteiger partial charge on any atom is -0.497 e. The van der Waals surface area contributed by atoms with E-state index in [-0.39, 0.29) is 11.7 Å². The maximum Gasteiger partial charge on any atom is 0.233 e. The minimum atomic E-state index is -0.439. The molecule has 1 unspecified atom stereocenters. The number of aryl methyl sites for hydroxylation is 1. The van der Waals surface area contributed by atoms with Crippen LogP contribution in [0.5, 0.6) is 5.75 Å². The molecule has 0 aliphatic rings. The van der Waals surface area contributed by atoms with Crippen molar-refractivity contribution in [3.63, 3.8) is 0 Å². The molecule has 1 aromatic carbocycles. The number of ketones is 1. The largest absolute Gasteiger partial charge is 0.497 e. The lowest BCUT2D eigenvalue weighted by Crippen LogP contribution is -2.30. The van der Waals surface area contributed by atoms with E-state index >= 15 is 0 Å². The fraction of sp³-hybridized carbons (Fsp3) is 0.300. The molecule has 0 fully saturated rings. The first-order valence-electron chi connectivity index (χ1n) is 8.35. The number of methoxy groups -OCH3 is 1. The van der Waals surface area contributed by atoms with Gasteiger partial charge in [0.15, 0.2) is 5.78 Å². The molecule has 0 aliphatic heterocycles. The zero-order valence-electron chi connectivity index (χ0n) is 15.7. The summed E-state index contributed by atoms with van der Waals surface area (Å²) >= 11 is 1.20. The Bertz CT molecular complexity index is 889. The highest BCUT2D eigenvalue weighted by atomic mass is 32.2. The van der Waals surface area contributed by atoms with Gasteiger partial charge in [-0.05, 0) is 44.5 Å². The molecule has 0 saturated heterocycles. The number of hydrogen-bond donors (Lipinski definition) is 1. The molecule has 1 amide bonds. The SMILES string of the molecule is COc1ccc(CNC(=O)C(C)Sc2nc(C)c(C(C)=O)cc2C#N)cc1. The summed E-state index contributed by atoms with van der Waals surface area (Å²) in [4.78, 5) is 28.3. The number of amides is 1. The molecule has 0 saturated carbocycles. The molecule has 1 atom stereocenters. The van der Waals surface area contributed by atoms with Crippen molar-refractivity contribution in [3.05, 3.63) is 52.7 Å². The van der Waals surface area contributed by atoms with Crippen LogP contribution in [-0.2, 0) is 11.3 Å². The number of nitrogens with zero attached hydrogens (tertiary/aromatic N) is 2. The van der Waals surface area contributed by atoms with E-state index in [9.17, 15) is 14.9 Å². The monoisotopic (exact) mass is 383 g/mol. The van der Waals surface area contributed by atoms with Crippen molar-refractivity contribution in [2.24, 2.45) is 0 Å². The number of nitriles is 1. The van der Waals surface area contributed by atoms with Gasteiger partial charge in [0.25, 0.3) is 0 Å². The molecule has 140 valence electrons. The van der Waals surface area contributed by atoms with Crippen LogP contribution >= 0.6 is 11.8 Å². The lowest BCUT2D eigenvalue weighted by atomic mass is 10.1. The minimum absolute atomic E-state index is 0.140. The van der Waals surface area contributed by atoms with Crippen molar-refractivity contribution in [2.45, 2.75) is 37.6 Å². The molecule has 0 aliphatic carbocycles. The number of ether oxygens (including phenoxy) is 1. The zero-order chi connectivity index (χ0) is 20.0. The van der Waals surface area contributed by atoms with Crippen LogP contribution in [0.15, 0.2) is 35.4 Å². The number of aromatic nitrogens is 1. The van der Waals surface area contributed by atoms with Crippen LogP contribution in [0.3, 0.4) is 0 Å². The molecule has 2 rings (SSSR count). The van der Waals surface area contributed by atoms with Crippen molar-refractivity contribution in [3.8, 4) is 11.8 Å². The van der Waals surface area contributed by atoms with Gasteiger partial charge in [-0.1, -0.05) is 23.9 Å². The summed E-state index contributed by atoms with van der Waals surface area (Å²) in [5.74, 6) is 0.460. The summed E-state index contributed by atoms with van der Waals surface area (Å²) in [6.45, 7) is 5.31. The number of benzene rings is 1. The fourth-order valence-electron chi connectivity index (χ4n) is 2.41. The molecular formula is C20H21N3O3S. The summed E-state index contributed by atoms with van der Waals surface area (Å²) in [6, 6.07) is 11.0. The van der Waals surface area contributed by atoms with Gasteiger partial charge in [-0.3, -0.25) is 9.59 Å². The lowest BCUT2D eigenvalue weighted by molar-refractivity contribution is -0.120. The van der Waals surface area contributed by atoms with E-state index < -0.39 is 5.25 Å². The van der Waals surface area contributed by atoms with Crippen molar-refractivity contribution in [1.82, 2.24) is 10.3 Å². The molecule has 1 N–H and O–H groups in total. The first-order valence-corrected chi connectivity index (χ1v) is 9.23. The second kappa shape index (κ2) is 9.19. The molecule has 27 heavy (non-hydrogen) atoms. The Labute approximate surface area is 162 Å². The zero-order valence-corrected chi connectivity index (χ0v) is 16.5. The van der Waals surface area contributed by atoms with Gasteiger partial charge in [-0.15, -0.1) is 0 Å². The van der Waals surface area contributed by atoms with Crippen molar-refractivity contribution < 1.29 is 14.3 Å². The molecular weight excluding hydrogens is 362 g/mol. The Hall–Kier alpha value is -2.85. The van der Waals surface area contributed by atoms with Gasteiger partial charge in [-0.25, -0.2) is 4.98 Å². The Morgan fingerprint density at radius 1 is 1.33 bits per heavy atom. The summed E-state index contributed by atoms with van der Waals surface area (Å²) in [5.41, 5.74) is 2.23. The van der Waals surface area contributed by atoms with Crippen molar-refractivity contribution >= 4 is 23.5 Å². The molecule has 7 heteroatoms. The smallest absolute Gasteiger partial charge is 0.233 e. The van der Waals surface area contributed by atoms with E-state index in [1.807, 2.05) is 24.3 Å². The predicted octanol–water partition coefficient (Wildman–Crippen LogP) is 3.27. The van der Waals surface area contributed by atoms with E-state index in [1.165, 1.54) is 24.8 Å². The Morgan fingerprint density at radius 2 is 2.00 bits per heavy atom. The van der Waals surface area contributed by atoms with Crippen LogP contribution < -0.4 is 10.1 Å². The topological polar surface area (TPSA) is 92.1 Å². The van der Waals surface area contributed by atoms with Gasteiger partial charge in [0.2, 0.25) is 5.91 Å². The average molecular weight is 383 g/mol. The quantitative estimate of drug-likeness (QED) is 0.583. The third-order valence-corrected chi connectivity index (χ3v) is 5.06. The number of pyridine rings is 1. The average Bonchev–Trinajstić information content (AvgIpc) is 2.66. The number of thioether (sulfide) groups is 1. The van der Waals surface area contributed by atoms with Gasteiger partial charge >= 0.3 is 0 Å². The van der Waals surface area contributed by atoms with E-state index in [4.69, 9.17) is 4.74 Å². The summed E-state index contributed by atoms with van der Waals surface area (Å²) < 4.78 is 5.11. The third kappa shape index (κ3) is 5.31. The molecule has 1 aromatic heterocycles. The van der Waals surface area contributed by atoms with E-state index in [2.05, 4.69) is 16.4 Å². The van der Waals surface area contributed by atoms with Crippen LogP contribution in [-0.4, -0.2) is 29.0 Å². The number of hydrogen-bond acceptors (Lipinski definition) is 6. The van der Waals surface area contributed by atoms with Crippen LogP contribution in [0.4, 0.5) is 0 Å². The number of carbonyl (C=O) groups is 2.